The smallest absolute Gasteiger partial charge is 0.308 e. The molecule has 0 aliphatic heterocycles. The fourth-order valence-electron chi connectivity index (χ4n) is 1.29. The van der Waals surface area contributed by atoms with Gasteiger partial charge in [0, 0.05) is 25.5 Å². The Morgan fingerprint density at radius 2 is 1.37 bits per heavy atom. The molecule has 1 rings (SSSR count). The maximum Gasteiger partial charge on any atom is 0.308 e. The number of carbonyl (C=O) groups excluding carboxylic acids is 3. The van der Waals surface area contributed by atoms with E-state index < -0.39 is 22.6 Å². The molecule has 5 nitrogen and oxygen atoms in total. The number of carbonyl (C=O) groups is 3. The number of esters is 2. The van der Waals surface area contributed by atoms with Gasteiger partial charge in [0.25, 0.3) is 0 Å². The van der Waals surface area contributed by atoms with E-state index in [2.05, 4.69) is 0 Å². The Morgan fingerprint density at radius 1 is 0.947 bits per heavy atom. The zero-order valence-corrected chi connectivity index (χ0v) is 11.6. The van der Waals surface area contributed by atoms with E-state index in [0.717, 1.165) is 0 Å². The standard InChI is InChI=1S/C12H10Cl2O5/c1-6(15)18-9-3-8(11(17)12(13)14)4-10(5-9)19-7(2)16/h3-5,12H,1-2H3. The third kappa shape index (κ3) is 4.89. The highest BCUT2D eigenvalue weighted by atomic mass is 35.5. The summed E-state index contributed by atoms with van der Waals surface area (Å²) in [5.74, 6) is -1.63. The number of rotatable bonds is 4. The van der Waals surface area contributed by atoms with E-state index in [1.807, 2.05) is 0 Å². The maximum absolute atomic E-state index is 11.7. The summed E-state index contributed by atoms with van der Waals surface area (Å²) in [5, 5.41) is 0. The van der Waals surface area contributed by atoms with Gasteiger partial charge >= 0.3 is 11.9 Å². The first-order chi connectivity index (χ1) is 8.79. The fourth-order valence-corrected chi connectivity index (χ4v) is 1.54. The van der Waals surface area contributed by atoms with Gasteiger partial charge in [-0.2, -0.15) is 0 Å². The van der Waals surface area contributed by atoms with Crippen molar-refractivity contribution in [2.45, 2.75) is 18.7 Å². The summed E-state index contributed by atoms with van der Waals surface area (Å²) in [4.78, 5) is 32.2. The zero-order chi connectivity index (χ0) is 14.6. The predicted octanol–water partition coefficient (Wildman–Crippen LogP) is 2.52. The van der Waals surface area contributed by atoms with Crippen LogP contribution in [-0.2, 0) is 9.59 Å². The number of Topliss-reactive ketones (excluding diaryl/α,β-unsaturated/α-hetero) is 1. The van der Waals surface area contributed by atoms with E-state index in [4.69, 9.17) is 32.7 Å². The molecule has 0 aliphatic carbocycles. The fraction of sp³-hybridized carbons (Fsp3) is 0.250. The Kier molecular flexibility index (Phi) is 5.32. The summed E-state index contributed by atoms with van der Waals surface area (Å²) in [6.45, 7) is 2.40. The molecule has 0 aliphatic rings. The minimum Gasteiger partial charge on any atom is -0.427 e. The van der Waals surface area contributed by atoms with Crippen LogP contribution in [0.1, 0.15) is 24.2 Å². The van der Waals surface area contributed by atoms with Crippen LogP contribution < -0.4 is 9.47 Å². The Morgan fingerprint density at radius 3 is 1.68 bits per heavy atom. The Hall–Kier alpha value is -1.59. The van der Waals surface area contributed by atoms with E-state index in [-0.39, 0.29) is 17.1 Å². The molecule has 1 aromatic carbocycles. The summed E-state index contributed by atoms with van der Waals surface area (Å²) in [7, 11) is 0. The molecule has 0 saturated carbocycles. The van der Waals surface area contributed by atoms with Crippen molar-refractivity contribution in [1.29, 1.82) is 0 Å². The lowest BCUT2D eigenvalue weighted by atomic mass is 10.1. The summed E-state index contributed by atoms with van der Waals surface area (Å²) in [5.41, 5.74) is 0.0741. The molecule has 0 amide bonds. The molecule has 0 atom stereocenters. The number of alkyl halides is 2. The highest BCUT2D eigenvalue weighted by Crippen LogP contribution is 2.25. The molecule has 0 unspecified atom stereocenters. The summed E-state index contributed by atoms with van der Waals surface area (Å²) < 4.78 is 9.68. The Labute approximate surface area is 119 Å². The zero-order valence-electron chi connectivity index (χ0n) is 10.1. The second kappa shape index (κ2) is 6.54. The number of halogens is 2. The summed E-state index contributed by atoms with van der Waals surface area (Å²) >= 11 is 11.0. The first-order valence-electron chi connectivity index (χ1n) is 5.14. The molecule has 0 spiro atoms. The van der Waals surface area contributed by atoms with Crippen LogP contribution in [0.2, 0.25) is 0 Å². The van der Waals surface area contributed by atoms with Gasteiger partial charge in [-0.3, -0.25) is 14.4 Å². The van der Waals surface area contributed by atoms with E-state index in [1.165, 1.54) is 32.0 Å². The second-order valence-corrected chi connectivity index (χ2v) is 4.64. The van der Waals surface area contributed by atoms with Gasteiger partial charge < -0.3 is 9.47 Å². The molecule has 19 heavy (non-hydrogen) atoms. The van der Waals surface area contributed by atoms with Crippen LogP contribution in [0.3, 0.4) is 0 Å². The first-order valence-corrected chi connectivity index (χ1v) is 6.01. The third-order valence-electron chi connectivity index (χ3n) is 1.89. The highest BCUT2D eigenvalue weighted by Gasteiger charge is 2.17. The SMILES string of the molecule is CC(=O)Oc1cc(OC(C)=O)cc(C(=O)C(Cl)Cl)c1. The van der Waals surface area contributed by atoms with Crippen molar-refractivity contribution in [2.75, 3.05) is 0 Å². The molecule has 1 aromatic rings. The molecule has 102 valence electrons. The topological polar surface area (TPSA) is 69.7 Å². The number of benzene rings is 1. The molecule has 0 bridgehead atoms. The van der Waals surface area contributed by atoms with Gasteiger partial charge in [0.15, 0.2) is 10.6 Å². The normalized spacial score (nSPS) is 10.2. The van der Waals surface area contributed by atoms with Crippen molar-refractivity contribution in [3.63, 3.8) is 0 Å². The first kappa shape index (κ1) is 15.5. The average molecular weight is 305 g/mol. The Bertz CT molecular complexity index is 491. The van der Waals surface area contributed by atoms with Gasteiger partial charge in [-0.05, 0) is 12.1 Å². The van der Waals surface area contributed by atoms with E-state index in [0.29, 0.717) is 0 Å². The average Bonchev–Trinajstić information content (AvgIpc) is 2.25. The lowest BCUT2D eigenvalue weighted by Crippen LogP contribution is -2.10. The van der Waals surface area contributed by atoms with Crippen LogP contribution in [0.5, 0.6) is 11.5 Å². The van der Waals surface area contributed by atoms with Crippen molar-refractivity contribution >= 4 is 40.9 Å². The third-order valence-corrected chi connectivity index (χ3v) is 2.28. The minimum absolute atomic E-state index is 0.0589. The maximum atomic E-state index is 11.7. The highest BCUT2D eigenvalue weighted by molar-refractivity contribution is 6.55. The molecule has 0 radical (unpaired) electrons. The van der Waals surface area contributed by atoms with Gasteiger partial charge in [0.05, 0.1) is 0 Å². The van der Waals surface area contributed by atoms with Crippen LogP contribution in [0, 0.1) is 0 Å². The molecular formula is C12H10Cl2O5. The van der Waals surface area contributed by atoms with Gasteiger partial charge in [-0.1, -0.05) is 23.2 Å². The number of ketones is 1. The van der Waals surface area contributed by atoms with Gasteiger partial charge in [0.1, 0.15) is 11.5 Å². The Balaban J connectivity index is 3.19. The van der Waals surface area contributed by atoms with Crippen molar-refractivity contribution < 1.29 is 23.9 Å². The number of hydrogen-bond donors (Lipinski definition) is 0. The molecule has 7 heteroatoms. The number of ether oxygens (including phenoxy) is 2. The van der Waals surface area contributed by atoms with E-state index in [9.17, 15) is 14.4 Å². The van der Waals surface area contributed by atoms with Crippen LogP contribution in [0.25, 0.3) is 0 Å². The lowest BCUT2D eigenvalue weighted by molar-refractivity contribution is -0.132. The van der Waals surface area contributed by atoms with Crippen LogP contribution in [-0.4, -0.2) is 22.6 Å². The molecule has 0 N–H and O–H groups in total. The number of hydrogen-bond acceptors (Lipinski definition) is 5. The molecule has 0 heterocycles. The van der Waals surface area contributed by atoms with Gasteiger partial charge in [-0.25, -0.2) is 0 Å². The molecule has 0 fully saturated rings. The largest absolute Gasteiger partial charge is 0.427 e. The monoisotopic (exact) mass is 304 g/mol. The van der Waals surface area contributed by atoms with Gasteiger partial charge in [-0.15, -0.1) is 0 Å². The van der Waals surface area contributed by atoms with Crippen LogP contribution in [0.4, 0.5) is 0 Å². The van der Waals surface area contributed by atoms with E-state index >= 15 is 0 Å². The van der Waals surface area contributed by atoms with Crippen LogP contribution in [0.15, 0.2) is 18.2 Å². The van der Waals surface area contributed by atoms with Crippen molar-refractivity contribution in [3.8, 4) is 11.5 Å². The van der Waals surface area contributed by atoms with Gasteiger partial charge in [0.2, 0.25) is 0 Å². The van der Waals surface area contributed by atoms with Crippen LogP contribution >= 0.6 is 23.2 Å². The summed E-state index contributed by atoms with van der Waals surface area (Å²) in [6.07, 6.45) is 0. The predicted molar refractivity (Wildman–Crippen MR) is 68.9 cm³/mol. The van der Waals surface area contributed by atoms with Crippen molar-refractivity contribution in [2.24, 2.45) is 0 Å². The second-order valence-electron chi connectivity index (χ2n) is 3.55. The van der Waals surface area contributed by atoms with Crippen molar-refractivity contribution in [1.82, 2.24) is 0 Å². The molecule has 0 saturated heterocycles. The van der Waals surface area contributed by atoms with E-state index in [1.54, 1.807) is 0 Å². The molecular weight excluding hydrogens is 295 g/mol. The summed E-state index contributed by atoms with van der Waals surface area (Å²) in [6, 6.07) is 3.88. The lowest BCUT2D eigenvalue weighted by Gasteiger charge is -2.09. The quantitative estimate of drug-likeness (QED) is 0.370. The molecule has 0 aromatic heterocycles. The van der Waals surface area contributed by atoms with Crippen molar-refractivity contribution in [3.05, 3.63) is 23.8 Å². The minimum atomic E-state index is -1.27.